The molecule has 0 radical (unpaired) electrons. The third kappa shape index (κ3) is 3.41. The normalized spacial score (nSPS) is 15.8. The van der Waals surface area contributed by atoms with Crippen molar-refractivity contribution in [3.63, 3.8) is 0 Å². The first kappa shape index (κ1) is 17.5. The second-order valence-corrected chi connectivity index (χ2v) is 7.09. The zero-order chi connectivity index (χ0) is 18.0. The van der Waals surface area contributed by atoms with Crippen LogP contribution in [0, 0.1) is 6.92 Å². The third-order valence-electron chi connectivity index (χ3n) is 3.86. The average molecular weight is 371 g/mol. The Morgan fingerprint density at radius 2 is 1.80 bits per heavy atom. The topological polar surface area (TPSA) is 38.8 Å². The lowest BCUT2D eigenvalue weighted by Crippen LogP contribution is -2.28. The van der Waals surface area contributed by atoms with Gasteiger partial charge in [-0.1, -0.05) is 48.2 Å². The summed E-state index contributed by atoms with van der Waals surface area (Å²) in [7, 11) is 3.17. The van der Waals surface area contributed by atoms with Gasteiger partial charge in [0.05, 0.1) is 24.8 Å². The van der Waals surface area contributed by atoms with Crippen molar-refractivity contribution in [1.82, 2.24) is 0 Å². The standard InChI is InChI=1S/C19H17NO3S2/c1-12-6-4-5-7-14(12)20-18(21)17(25-19(20)24)11-13-8-9-15(22-2)16(10-13)23-3/h4-11H,1-3H3/b17-11+. The SMILES string of the molecule is COc1ccc(/C=C2/SC(=S)N(c3ccccc3C)C2=O)cc1OC. The number of carbonyl (C=O) groups is 1. The second-order valence-electron chi connectivity index (χ2n) is 5.42. The Kier molecular flexibility index (Phi) is 5.11. The molecule has 128 valence electrons. The number of ether oxygens (including phenoxy) is 2. The molecule has 0 saturated carbocycles. The van der Waals surface area contributed by atoms with E-state index in [9.17, 15) is 4.79 Å². The van der Waals surface area contributed by atoms with Crippen molar-refractivity contribution in [2.45, 2.75) is 6.92 Å². The number of rotatable bonds is 4. The summed E-state index contributed by atoms with van der Waals surface area (Å²) in [6.45, 7) is 1.96. The van der Waals surface area contributed by atoms with Gasteiger partial charge in [0, 0.05) is 0 Å². The Bertz CT molecular complexity index is 877. The van der Waals surface area contributed by atoms with Crippen LogP contribution in [0.15, 0.2) is 47.4 Å². The highest BCUT2D eigenvalue weighted by atomic mass is 32.2. The predicted molar refractivity (Wildman–Crippen MR) is 106 cm³/mol. The van der Waals surface area contributed by atoms with Crippen molar-refractivity contribution in [2.24, 2.45) is 0 Å². The van der Waals surface area contributed by atoms with Gasteiger partial charge in [-0.2, -0.15) is 0 Å². The molecule has 1 heterocycles. The van der Waals surface area contributed by atoms with E-state index in [-0.39, 0.29) is 5.91 Å². The fraction of sp³-hybridized carbons (Fsp3) is 0.158. The number of hydrogen-bond acceptors (Lipinski definition) is 5. The zero-order valence-electron chi connectivity index (χ0n) is 14.1. The summed E-state index contributed by atoms with van der Waals surface area (Å²) in [6.07, 6.45) is 1.82. The Morgan fingerprint density at radius 1 is 1.08 bits per heavy atom. The number of amides is 1. The smallest absolute Gasteiger partial charge is 0.270 e. The highest BCUT2D eigenvalue weighted by Gasteiger charge is 2.33. The number of nitrogens with zero attached hydrogens (tertiary/aromatic N) is 1. The maximum Gasteiger partial charge on any atom is 0.270 e. The van der Waals surface area contributed by atoms with Crippen LogP contribution in [0.25, 0.3) is 6.08 Å². The first-order valence-electron chi connectivity index (χ1n) is 7.60. The minimum Gasteiger partial charge on any atom is -0.493 e. The molecular formula is C19H17NO3S2. The molecule has 1 amide bonds. The van der Waals surface area contributed by atoms with E-state index >= 15 is 0 Å². The van der Waals surface area contributed by atoms with Crippen LogP contribution < -0.4 is 14.4 Å². The van der Waals surface area contributed by atoms with Crippen molar-refractivity contribution >= 4 is 46.0 Å². The van der Waals surface area contributed by atoms with Crippen molar-refractivity contribution < 1.29 is 14.3 Å². The van der Waals surface area contributed by atoms with E-state index < -0.39 is 0 Å². The van der Waals surface area contributed by atoms with Gasteiger partial charge in [-0.15, -0.1) is 0 Å². The van der Waals surface area contributed by atoms with E-state index in [0.29, 0.717) is 20.7 Å². The van der Waals surface area contributed by atoms with E-state index in [1.165, 1.54) is 11.8 Å². The summed E-state index contributed by atoms with van der Waals surface area (Å²) in [4.78, 5) is 15.0. The van der Waals surface area contributed by atoms with Crippen LogP contribution in [0.2, 0.25) is 0 Å². The van der Waals surface area contributed by atoms with Crippen molar-refractivity contribution in [1.29, 1.82) is 0 Å². The lowest BCUT2D eigenvalue weighted by Gasteiger charge is -2.16. The van der Waals surface area contributed by atoms with Crippen molar-refractivity contribution in [2.75, 3.05) is 19.1 Å². The maximum atomic E-state index is 12.8. The molecular weight excluding hydrogens is 354 g/mol. The van der Waals surface area contributed by atoms with Gasteiger partial charge in [0.15, 0.2) is 15.8 Å². The molecule has 1 aliphatic heterocycles. The second kappa shape index (κ2) is 7.29. The van der Waals surface area contributed by atoms with Gasteiger partial charge in [0.2, 0.25) is 0 Å². The van der Waals surface area contributed by atoms with E-state index in [2.05, 4.69) is 0 Å². The molecule has 3 rings (SSSR count). The van der Waals surface area contributed by atoms with Crippen LogP contribution in [0.5, 0.6) is 11.5 Å². The van der Waals surface area contributed by atoms with Crippen molar-refractivity contribution in [3.8, 4) is 11.5 Å². The fourth-order valence-electron chi connectivity index (χ4n) is 2.58. The number of aryl methyl sites for hydroxylation is 1. The summed E-state index contributed by atoms with van der Waals surface area (Å²) in [5.41, 5.74) is 2.68. The van der Waals surface area contributed by atoms with Gasteiger partial charge in [-0.3, -0.25) is 9.69 Å². The average Bonchev–Trinajstić information content (AvgIpc) is 2.89. The number of hydrogen-bond donors (Lipinski definition) is 0. The molecule has 1 fully saturated rings. The number of para-hydroxylation sites is 1. The first-order valence-corrected chi connectivity index (χ1v) is 8.83. The summed E-state index contributed by atoms with van der Waals surface area (Å²) in [5.74, 6) is 1.15. The Morgan fingerprint density at radius 3 is 2.48 bits per heavy atom. The van der Waals surface area contributed by atoms with E-state index in [0.717, 1.165) is 16.8 Å². The lowest BCUT2D eigenvalue weighted by atomic mass is 10.1. The summed E-state index contributed by atoms with van der Waals surface area (Å²) in [5, 5.41) is 0. The van der Waals surface area contributed by atoms with Gasteiger partial charge in [-0.25, -0.2) is 0 Å². The van der Waals surface area contributed by atoms with Crippen LogP contribution in [0.1, 0.15) is 11.1 Å². The van der Waals surface area contributed by atoms with Crippen LogP contribution in [-0.4, -0.2) is 24.4 Å². The van der Waals surface area contributed by atoms with Crippen LogP contribution in [-0.2, 0) is 4.79 Å². The molecule has 0 aromatic heterocycles. The third-order valence-corrected chi connectivity index (χ3v) is 5.16. The van der Waals surface area contributed by atoms with E-state index in [1.807, 2.05) is 55.5 Å². The lowest BCUT2D eigenvalue weighted by molar-refractivity contribution is -0.113. The molecule has 2 aromatic carbocycles. The summed E-state index contributed by atoms with van der Waals surface area (Å²) < 4.78 is 11.1. The molecule has 0 atom stereocenters. The van der Waals surface area contributed by atoms with Gasteiger partial charge in [0.1, 0.15) is 0 Å². The zero-order valence-corrected chi connectivity index (χ0v) is 15.7. The highest BCUT2D eigenvalue weighted by molar-refractivity contribution is 8.27. The molecule has 25 heavy (non-hydrogen) atoms. The van der Waals surface area contributed by atoms with E-state index in [4.69, 9.17) is 21.7 Å². The quantitative estimate of drug-likeness (QED) is 0.588. The number of anilines is 1. The predicted octanol–water partition coefficient (Wildman–Crippen LogP) is 4.42. The van der Waals surface area contributed by atoms with Crippen molar-refractivity contribution in [3.05, 3.63) is 58.5 Å². The molecule has 0 spiro atoms. The molecule has 0 N–H and O–H groups in total. The minimum atomic E-state index is -0.112. The minimum absolute atomic E-state index is 0.112. The number of carbonyl (C=O) groups excluding carboxylic acids is 1. The first-order chi connectivity index (χ1) is 12.0. The van der Waals surface area contributed by atoms with Gasteiger partial charge >= 0.3 is 0 Å². The summed E-state index contributed by atoms with van der Waals surface area (Å²) >= 11 is 6.72. The number of benzene rings is 2. The monoisotopic (exact) mass is 371 g/mol. The molecule has 1 aliphatic rings. The van der Waals surface area contributed by atoms with Crippen LogP contribution in [0.4, 0.5) is 5.69 Å². The molecule has 0 aliphatic carbocycles. The van der Waals surface area contributed by atoms with Gasteiger partial charge in [0.25, 0.3) is 5.91 Å². The molecule has 2 aromatic rings. The largest absolute Gasteiger partial charge is 0.493 e. The molecule has 1 saturated heterocycles. The molecule has 0 unspecified atom stereocenters. The number of methoxy groups -OCH3 is 2. The van der Waals surface area contributed by atoms with Gasteiger partial charge in [-0.05, 0) is 42.3 Å². The summed E-state index contributed by atoms with van der Waals surface area (Å²) in [6, 6.07) is 13.2. The molecule has 4 nitrogen and oxygen atoms in total. The van der Waals surface area contributed by atoms with Crippen LogP contribution in [0.3, 0.4) is 0 Å². The number of thiocarbonyl (C=S) groups is 1. The Hall–Kier alpha value is -2.31. The fourth-order valence-corrected chi connectivity index (χ4v) is 3.87. The van der Waals surface area contributed by atoms with Gasteiger partial charge < -0.3 is 9.47 Å². The molecule has 0 bridgehead atoms. The highest BCUT2D eigenvalue weighted by Crippen LogP contribution is 2.38. The van der Waals surface area contributed by atoms with Crippen LogP contribution >= 0.6 is 24.0 Å². The number of thioether (sulfide) groups is 1. The Balaban J connectivity index is 1.95. The maximum absolute atomic E-state index is 12.8. The molecule has 6 heteroatoms. The Labute approximate surface area is 156 Å². The van der Waals surface area contributed by atoms with E-state index in [1.54, 1.807) is 19.1 Å².